The average molecular weight is 138 g/mol. The van der Waals surface area contributed by atoms with Crippen LogP contribution >= 0.6 is 0 Å². The summed E-state index contributed by atoms with van der Waals surface area (Å²) in [6, 6.07) is 0. The molecule has 0 saturated carbocycles. The van der Waals surface area contributed by atoms with Crippen LogP contribution in [-0.4, -0.2) is 12.7 Å². The van der Waals surface area contributed by atoms with Crippen LogP contribution in [0.5, 0.6) is 0 Å². The van der Waals surface area contributed by atoms with Crippen LogP contribution in [0.4, 0.5) is 0 Å². The summed E-state index contributed by atoms with van der Waals surface area (Å²) >= 11 is 0. The van der Waals surface area contributed by atoms with Crippen LogP contribution in [0, 0.1) is 18.3 Å². The molecule has 1 fully saturated rings. The first-order valence-electron chi connectivity index (χ1n) is 3.96. The van der Waals surface area contributed by atoms with E-state index in [4.69, 9.17) is 11.2 Å². The molecule has 56 valence electrons. The minimum absolute atomic E-state index is 0.374. The van der Waals surface area contributed by atoms with Gasteiger partial charge in [0.1, 0.15) is 0 Å². The first-order valence-corrected chi connectivity index (χ1v) is 3.96. The van der Waals surface area contributed by atoms with Crippen molar-refractivity contribution in [3.05, 3.63) is 0 Å². The minimum Gasteiger partial charge on any atom is -0.377 e. The first-order chi connectivity index (χ1) is 4.88. The van der Waals surface area contributed by atoms with Crippen molar-refractivity contribution in [2.24, 2.45) is 5.92 Å². The van der Waals surface area contributed by atoms with E-state index in [1.54, 1.807) is 0 Å². The van der Waals surface area contributed by atoms with Crippen molar-refractivity contribution in [3.8, 4) is 12.3 Å². The van der Waals surface area contributed by atoms with Gasteiger partial charge in [-0.05, 0) is 12.8 Å². The third-order valence-electron chi connectivity index (χ3n) is 2.00. The van der Waals surface area contributed by atoms with Gasteiger partial charge in [-0.1, -0.05) is 13.3 Å². The lowest BCUT2D eigenvalue weighted by Gasteiger charge is -2.30. The quantitative estimate of drug-likeness (QED) is 0.540. The Bertz CT molecular complexity index is 130. The molecule has 0 bridgehead atoms. The van der Waals surface area contributed by atoms with Crippen LogP contribution in [-0.2, 0) is 4.74 Å². The molecular formula is C9H14O. The molecule has 0 amide bonds. The number of ether oxygens (including phenoxy) is 1. The maximum Gasteiger partial charge on any atom is 0.0734 e. The van der Waals surface area contributed by atoms with E-state index >= 15 is 0 Å². The summed E-state index contributed by atoms with van der Waals surface area (Å²) in [5.74, 6) is 3.15. The maximum absolute atomic E-state index is 5.34. The maximum atomic E-state index is 5.34. The molecule has 0 spiro atoms. The molecule has 10 heavy (non-hydrogen) atoms. The first kappa shape index (κ1) is 7.63. The van der Waals surface area contributed by atoms with E-state index < -0.39 is 0 Å². The molecule has 1 aliphatic heterocycles. The molecule has 0 aromatic carbocycles. The van der Waals surface area contributed by atoms with Crippen LogP contribution in [0.3, 0.4) is 0 Å². The zero-order chi connectivity index (χ0) is 7.40. The van der Waals surface area contributed by atoms with E-state index in [1.807, 2.05) is 0 Å². The monoisotopic (exact) mass is 138 g/mol. The molecule has 2 atom stereocenters. The van der Waals surface area contributed by atoms with Crippen molar-refractivity contribution in [1.82, 2.24) is 0 Å². The molecule has 1 rings (SSSR count). The molecule has 0 N–H and O–H groups in total. The summed E-state index contributed by atoms with van der Waals surface area (Å²) in [6.07, 6.45) is 9.15. The highest BCUT2D eigenvalue weighted by Crippen LogP contribution is 2.23. The van der Waals surface area contributed by atoms with Gasteiger partial charge in [0.25, 0.3) is 0 Å². The molecule has 0 aromatic rings. The standard InChI is InChI=1S/C9H14O/c1-3-5-8(4-2)9-6-7-10-9/h2,8-9H,3,5-7H2,1H3. The van der Waals surface area contributed by atoms with Crippen molar-refractivity contribution < 1.29 is 4.74 Å². The van der Waals surface area contributed by atoms with E-state index in [-0.39, 0.29) is 0 Å². The zero-order valence-electron chi connectivity index (χ0n) is 6.47. The summed E-state index contributed by atoms with van der Waals surface area (Å²) in [7, 11) is 0. The van der Waals surface area contributed by atoms with Crippen LogP contribution < -0.4 is 0 Å². The second-order valence-corrected chi connectivity index (χ2v) is 2.76. The Morgan fingerprint density at radius 3 is 2.80 bits per heavy atom. The lowest BCUT2D eigenvalue weighted by atomic mass is 9.93. The Kier molecular flexibility index (Phi) is 2.77. The van der Waals surface area contributed by atoms with Gasteiger partial charge < -0.3 is 4.74 Å². The fraction of sp³-hybridized carbons (Fsp3) is 0.778. The van der Waals surface area contributed by atoms with Crippen LogP contribution in [0.1, 0.15) is 26.2 Å². The predicted molar refractivity (Wildman–Crippen MR) is 41.6 cm³/mol. The predicted octanol–water partition coefficient (Wildman–Crippen LogP) is 1.82. The molecule has 0 radical (unpaired) electrons. The molecular weight excluding hydrogens is 124 g/mol. The Morgan fingerprint density at radius 2 is 2.50 bits per heavy atom. The van der Waals surface area contributed by atoms with Gasteiger partial charge in [-0.25, -0.2) is 0 Å². The normalized spacial score (nSPS) is 26.6. The highest BCUT2D eigenvalue weighted by atomic mass is 16.5. The SMILES string of the molecule is C#CC(CCC)C1CCO1. The fourth-order valence-corrected chi connectivity index (χ4v) is 1.26. The van der Waals surface area contributed by atoms with Gasteiger partial charge in [-0.2, -0.15) is 0 Å². The van der Waals surface area contributed by atoms with E-state index in [0.717, 1.165) is 25.9 Å². The number of hydrogen-bond donors (Lipinski definition) is 0. The third kappa shape index (κ3) is 1.52. The lowest BCUT2D eigenvalue weighted by molar-refractivity contribution is -0.0732. The Balaban J connectivity index is 2.26. The van der Waals surface area contributed by atoms with E-state index in [9.17, 15) is 0 Å². The van der Waals surface area contributed by atoms with Gasteiger partial charge in [-0.3, -0.25) is 0 Å². The van der Waals surface area contributed by atoms with Gasteiger partial charge in [0, 0.05) is 12.5 Å². The highest BCUT2D eigenvalue weighted by molar-refractivity contribution is 4.98. The average Bonchev–Trinajstić information content (AvgIpc) is 1.83. The van der Waals surface area contributed by atoms with Crippen molar-refractivity contribution in [1.29, 1.82) is 0 Å². The molecule has 1 nitrogen and oxygen atoms in total. The molecule has 1 saturated heterocycles. The van der Waals surface area contributed by atoms with Gasteiger partial charge in [0.05, 0.1) is 6.10 Å². The van der Waals surface area contributed by atoms with Crippen molar-refractivity contribution in [2.75, 3.05) is 6.61 Å². The highest BCUT2D eigenvalue weighted by Gasteiger charge is 2.25. The van der Waals surface area contributed by atoms with Crippen LogP contribution in [0.2, 0.25) is 0 Å². The van der Waals surface area contributed by atoms with E-state index in [2.05, 4.69) is 12.8 Å². The van der Waals surface area contributed by atoms with E-state index in [1.165, 1.54) is 0 Å². The molecule has 1 aliphatic rings. The molecule has 1 heteroatoms. The number of hydrogen-bond acceptors (Lipinski definition) is 1. The van der Waals surface area contributed by atoms with Gasteiger partial charge >= 0.3 is 0 Å². The summed E-state index contributed by atoms with van der Waals surface area (Å²) < 4.78 is 5.29. The van der Waals surface area contributed by atoms with Crippen LogP contribution in [0.25, 0.3) is 0 Å². The van der Waals surface area contributed by atoms with Gasteiger partial charge in [0.2, 0.25) is 0 Å². The number of terminal acetylenes is 1. The van der Waals surface area contributed by atoms with Crippen molar-refractivity contribution >= 4 is 0 Å². The van der Waals surface area contributed by atoms with Crippen LogP contribution in [0.15, 0.2) is 0 Å². The second-order valence-electron chi connectivity index (χ2n) is 2.76. The fourth-order valence-electron chi connectivity index (χ4n) is 1.26. The summed E-state index contributed by atoms with van der Waals surface area (Å²) in [4.78, 5) is 0. The van der Waals surface area contributed by atoms with Gasteiger partial charge in [0.15, 0.2) is 0 Å². The zero-order valence-corrected chi connectivity index (χ0v) is 6.47. The largest absolute Gasteiger partial charge is 0.377 e. The topological polar surface area (TPSA) is 9.23 Å². The Hall–Kier alpha value is -0.480. The molecule has 1 heterocycles. The van der Waals surface area contributed by atoms with E-state index in [0.29, 0.717) is 12.0 Å². The molecule has 2 unspecified atom stereocenters. The molecule has 0 aliphatic carbocycles. The van der Waals surface area contributed by atoms with Crippen molar-refractivity contribution in [2.45, 2.75) is 32.3 Å². The Morgan fingerprint density at radius 1 is 1.80 bits per heavy atom. The summed E-state index contributed by atoms with van der Waals surface area (Å²) in [6.45, 7) is 3.07. The second kappa shape index (κ2) is 3.63. The summed E-state index contributed by atoms with van der Waals surface area (Å²) in [5, 5.41) is 0. The number of rotatable bonds is 3. The van der Waals surface area contributed by atoms with Gasteiger partial charge in [-0.15, -0.1) is 12.3 Å². The molecule has 0 aromatic heterocycles. The lowest BCUT2D eigenvalue weighted by Crippen LogP contribution is -2.33. The smallest absolute Gasteiger partial charge is 0.0734 e. The minimum atomic E-state index is 0.374. The third-order valence-corrected chi connectivity index (χ3v) is 2.00. The summed E-state index contributed by atoms with van der Waals surface area (Å²) in [5.41, 5.74) is 0. The van der Waals surface area contributed by atoms with Crippen molar-refractivity contribution in [3.63, 3.8) is 0 Å². The Labute approximate surface area is 62.8 Å².